The summed E-state index contributed by atoms with van der Waals surface area (Å²) < 4.78 is 0. The van der Waals surface area contributed by atoms with E-state index in [0.29, 0.717) is 6.04 Å². The molecule has 2 heterocycles. The zero-order chi connectivity index (χ0) is 13.2. The third kappa shape index (κ3) is 3.20. The minimum Gasteiger partial charge on any atom is -0.322 e. The maximum atomic E-state index is 12.1. The van der Waals surface area contributed by atoms with Crippen molar-refractivity contribution in [3.8, 4) is 0 Å². The summed E-state index contributed by atoms with van der Waals surface area (Å²) in [5, 5.41) is 4.51. The number of para-hydroxylation sites is 1. The highest BCUT2D eigenvalue weighted by Gasteiger charge is 2.16. The van der Waals surface area contributed by atoms with Crippen LogP contribution in [0, 0.1) is 0 Å². The second-order valence-corrected chi connectivity index (χ2v) is 5.30. The quantitative estimate of drug-likeness (QED) is 0.887. The third-order valence-electron chi connectivity index (χ3n) is 3.68. The molecule has 0 aliphatic carbocycles. The largest absolute Gasteiger partial charge is 0.322 e. The van der Waals surface area contributed by atoms with Crippen LogP contribution in [0.15, 0.2) is 35.1 Å². The smallest absolute Gasteiger partial charge is 0.252 e. The molecular weight excluding hydrogens is 274 g/mol. The Hall–Kier alpha value is -1.36. The van der Waals surface area contributed by atoms with Crippen molar-refractivity contribution in [2.45, 2.75) is 19.5 Å². The van der Waals surface area contributed by atoms with Gasteiger partial charge in [0.2, 0.25) is 0 Å². The van der Waals surface area contributed by atoms with E-state index in [2.05, 4.69) is 22.1 Å². The van der Waals surface area contributed by atoms with Crippen LogP contribution in [0.5, 0.6) is 0 Å². The highest BCUT2D eigenvalue weighted by Crippen LogP contribution is 2.12. The van der Waals surface area contributed by atoms with Gasteiger partial charge in [0.05, 0.1) is 0 Å². The molecule has 3 rings (SSSR count). The SMILES string of the molecule is CC1CN(Cc2cc3ccccc3[nH]c2=O)CCN1.Cl. The van der Waals surface area contributed by atoms with Crippen molar-refractivity contribution in [1.82, 2.24) is 15.2 Å². The zero-order valence-corrected chi connectivity index (χ0v) is 12.4. The molecule has 1 aliphatic rings. The number of hydrogen-bond acceptors (Lipinski definition) is 3. The average molecular weight is 294 g/mol. The van der Waals surface area contributed by atoms with E-state index in [1.807, 2.05) is 30.3 Å². The van der Waals surface area contributed by atoms with Crippen molar-refractivity contribution in [3.63, 3.8) is 0 Å². The molecule has 0 radical (unpaired) electrons. The molecule has 1 aromatic carbocycles. The fourth-order valence-corrected chi connectivity index (χ4v) is 2.71. The fourth-order valence-electron chi connectivity index (χ4n) is 2.71. The lowest BCUT2D eigenvalue weighted by Crippen LogP contribution is -2.49. The topological polar surface area (TPSA) is 48.1 Å². The Kier molecular flexibility index (Phi) is 4.81. The Morgan fingerprint density at radius 2 is 2.15 bits per heavy atom. The highest BCUT2D eigenvalue weighted by atomic mass is 35.5. The van der Waals surface area contributed by atoms with Crippen LogP contribution >= 0.6 is 12.4 Å². The highest BCUT2D eigenvalue weighted by molar-refractivity contribution is 5.85. The summed E-state index contributed by atoms with van der Waals surface area (Å²) in [6.07, 6.45) is 0. The summed E-state index contributed by atoms with van der Waals surface area (Å²) in [6.45, 7) is 5.89. The number of fused-ring (bicyclic) bond motifs is 1. The molecule has 4 nitrogen and oxygen atoms in total. The molecule has 1 fully saturated rings. The standard InChI is InChI=1S/C15H19N3O.ClH/c1-11-9-18(7-6-16-11)10-13-8-12-4-2-3-5-14(12)17-15(13)19;/h2-5,8,11,16H,6-7,9-10H2,1H3,(H,17,19);1H. The van der Waals surface area contributed by atoms with Gasteiger partial charge in [-0.05, 0) is 24.4 Å². The minimum absolute atomic E-state index is 0. The van der Waals surface area contributed by atoms with E-state index in [1.54, 1.807) is 0 Å². The van der Waals surface area contributed by atoms with Gasteiger partial charge in [-0.3, -0.25) is 9.69 Å². The van der Waals surface area contributed by atoms with Crippen LogP contribution in [-0.4, -0.2) is 35.6 Å². The first-order chi connectivity index (χ1) is 9.22. The number of piperazine rings is 1. The molecule has 1 aliphatic heterocycles. The summed E-state index contributed by atoms with van der Waals surface area (Å²) in [5.74, 6) is 0. The molecule has 0 bridgehead atoms. The molecule has 0 spiro atoms. The van der Waals surface area contributed by atoms with Crippen molar-refractivity contribution in [2.24, 2.45) is 0 Å². The number of aromatic nitrogens is 1. The van der Waals surface area contributed by atoms with Crippen LogP contribution in [0.25, 0.3) is 10.9 Å². The number of halogens is 1. The number of benzene rings is 1. The first-order valence-corrected chi connectivity index (χ1v) is 6.79. The number of H-pyrrole nitrogens is 1. The molecule has 1 atom stereocenters. The average Bonchev–Trinajstić information content (AvgIpc) is 2.40. The van der Waals surface area contributed by atoms with Gasteiger partial charge in [0, 0.05) is 43.3 Å². The lowest BCUT2D eigenvalue weighted by atomic mass is 10.1. The molecule has 1 unspecified atom stereocenters. The fraction of sp³-hybridized carbons (Fsp3) is 0.400. The predicted octanol–water partition coefficient (Wildman–Crippen LogP) is 1.74. The number of rotatable bonds is 2. The van der Waals surface area contributed by atoms with Crippen molar-refractivity contribution in [3.05, 3.63) is 46.2 Å². The Labute approximate surface area is 124 Å². The van der Waals surface area contributed by atoms with Crippen LogP contribution in [0.2, 0.25) is 0 Å². The van der Waals surface area contributed by atoms with E-state index in [4.69, 9.17) is 0 Å². The Morgan fingerprint density at radius 3 is 2.95 bits per heavy atom. The van der Waals surface area contributed by atoms with Gasteiger partial charge in [-0.1, -0.05) is 18.2 Å². The van der Waals surface area contributed by atoms with Gasteiger partial charge in [0.25, 0.3) is 5.56 Å². The summed E-state index contributed by atoms with van der Waals surface area (Å²) >= 11 is 0. The molecule has 1 aromatic heterocycles. The van der Waals surface area contributed by atoms with E-state index in [1.165, 1.54) is 0 Å². The second kappa shape index (κ2) is 6.39. The lowest BCUT2D eigenvalue weighted by Gasteiger charge is -2.31. The predicted molar refractivity (Wildman–Crippen MR) is 84.6 cm³/mol. The van der Waals surface area contributed by atoms with Gasteiger partial charge in [-0.15, -0.1) is 12.4 Å². The van der Waals surface area contributed by atoms with Crippen molar-refractivity contribution in [1.29, 1.82) is 0 Å². The van der Waals surface area contributed by atoms with E-state index in [-0.39, 0.29) is 18.0 Å². The summed E-state index contributed by atoms with van der Waals surface area (Å²) in [6, 6.07) is 10.4. The molecule has 20 heavy (non-hydrogen) atoms. The van der Waals surface area contributed by atoms with Crippen LogP contribution in [-0.2, 0) is 6.54 Å². The molecular formula is C15H20ClN3O. The van der Waals surface area contributed by atoms with Gasteiger partial charge in [-0.25, -0.2) is 0 Å². The number of hydrogen-bond donors (Lipinski definition) is 2. The molecule has 0 saturated carbocycles. The maximum Gasteiger partial charge on any atom is 0.252 e. The van der Waals surface area contributed by atoms with E-state index >= 15 is 0 Å². The van der Waals surface area contributed by atoms with Crippen molar-refractivity contribution >= 4 is 23.3 Å². The molecule has 2 N–H and O–H groups in total. The lowest BCUT2D eigenvalue weighted by molar-refractivity contribution is 0.199. The summed E-state index contributed by atoms with van der Waals surface area (Å²) in [5.41, 5.74) is 1.79. The van der Waals surface area contributed by atoms with Gasteiger partial charge in [-0.2, -0.15) is 0 Å². The summed E-state index contributed by atoms with van der Waals surface area (Å²) in [7, 11) is 0. The molecule has 0 amide bonds. The first-order valence-electron chi connectivity index (χ1n) is 6.79. The number of aromatic amines is 1. The third-order valence-corrected chi connectivity index (χ3v) is 3.68. The monoisotopic (exact) mass is 293 g/mol. The Morgan fingerprint density at radius 1 is 1.35 bits per heavy atom. The molecule has 2 aromatic rings. The van der Waals surface area contributed by atoms with E-state index in [9.17, 15) is 4.79 Å². The van der Waals surface area contributed by atoms with Gasteiger partial charge in [0.1, 0.15) is 0 Å². The van der Waals surface area contributed by atoms with Crippen LogP contribution < -0.4 is 10.9 Å². The van der Waals surface area contributed by atoms with Gasteiger partial charge < -0.3 is 10.3 Å². The van der Waals surface area contributed by atoms with Crippen molar-refractivity contribution < 1.29 is 0 Å². The van der Waals surface area contributed by atoms with Crippen LogP contribution in [0.4, 0.5) is 0 Å². The second-order valence-electron chi connectivity index (χ2n) is 5.30. The van der Waals surface area contributed by atoms with Crippen LogP contribution in [0.1, 0.15) is 12.5 Å². The number of nitrogens with one attached hydrogen (secondary N) is 2. The van der Waals surface area contributed by atoms with Crippen molar-refractivity contribution in [2.75, 3.05) is 19.6 Å². The Balaban J connectivity index is 0.00000147. The minimum atomic E-state index is 0. The molecule has 108 valence electrons. The zero-order valence-electron chi connectivity index (χ0n) is 11.6. The number of pyridine rings is 1. The van der Waals surface area contributed by atoms with E-state index < -0.39 is 0 Å². The van der Waals surface area contributed by atoms with Crippen LogP contribution in [0.3, 0.4) is 0 Å². The maximum absolute atomic E-state index is 12.1. The summed E-state index contributed by atoms with van der Waals surface area (Å²) in [4.78, 5) is 17.4. The molecule has 1 saturated heterocycles. The Bertz CT molecular complexity index is 640. The first kappa shape index (κ1) is 15.0. The number of nitrogens with zero attached hydrogens (tertiary/aromatic N) is 1. The van der Waals surface area contributed by atoms with Gasteiger partial charge in [0.15, 0.2) is 0 Å². The van der Waals surface area contributed by atoms with Gasteiger partial charge >= 0.3 is 0 Å². The van der Waals surface area contributed by atoms with E-state index in [0.717, 1.165) is 42.6 Å². The normalized spacial score (nSPS) is 19.8. The molecule has 5 heteroatoms.